The van der Waals surface area contributed by atoms with Gasteiger partial charge in [0.2, 0.25) is 0 Å². The summed E-state index contributed by atoms with van der Waals surface area (Å²) in [6, 6.07) is 13.1. The summed E-state index contributed by atoms with van der Waals surface area (Å²) in [4.78, 5) is 0. The molecule has 1 nitrogen and oxygen atoms in total. The molecule has 0 aliphatic carbocycles. The molecule has 2 rings (SSSR count). The molecule has 0 aliphatic rings. The Morgan fingerprint density at radius 3 is 2.20 bits per heavy atom. The number of benzene rings is 2. The molecule has 2 N–H and O–H groups in total. The fraction of sp³-hybridized carbons (Fsp3) is 0.333. The molecule has 0 fully saturated rings. The molecule has 1 unspecified atom stereocenters. The summed E-state index contributed by atoms with van der Waals surface area (Å²) in [6.07, 6.45) is 1.04. The highest BCUT2D eigenvalue weighted by atomic mass is 19.1. The van der Waals surface area contributed by atoms with Crippen molar-refractivity contribution in [1.82, 2.24) is 0 Å². The normalized spacial score (nSPS) is 12.7. The van der Waals surface area contributed by atoms with Crippen molar-refractivity contribution in [3.63, 3.8) is 0 Å². The number of hydrogen-bond acceptors (Lipinski definition) is 1. The first-order valence-corrected chi connectivity index (χ1v) is 7.11. The van der Waals surface area contributed by atoms with E-state index in [9.17, 15) is 4.39 Å². The van der Waals surface area contributed by atoms with E-state index in [1.807, 2.05) is 25.1 Å². The lowest BCUT2D eigenvalue weighted by molar-refractivity contribution is 0.629. The Morgan fingerprint density at radius 1 is 1.00 bits per heavy atom. The van der Waals surface area contributed by atoms with E-state index in [0.29, 0.717) is 11.5 Å². The molecule has 0 spiro atoms. The molecule has 0 bridgehead atoms. The van der Waals surface area contributed by atoms with Crippen molar-refractivity contribution >= 4 is 0 Å². The number of nitrogens with two attached hydrogens (primary N) is 1. The van der Waals surface area contributed by atoms with Gasteiger partial charge in [-0.25, -0.2) is 4.39 Å². The molecule has 0 saturated carbocycles. The van der Waals surface area contributed by atoms with Gasteiger partial charge in [-0.15, -0.1) is 0 Å². The van der Waals surface area contributed by atoms with Crippen molar-refractivity contribution in [2.75, 3.05) is 0 Å². The van der Waals surface area contributed by atoms with E-state index in [1.54, 1.807) is 6.07 Å². The maximum absolute atomic E-state index is 14.0. The van der Waals surface area contributed by atoms with Gasteiger partial charge in [0, 0.05) is 11.6 Å². The van der Waals surface area contributed by atoms with E-state index in [-0.39, 0.29) is 11.9 Å². The Balaban J connectivity index is 2.33. The van der Waals surface area contributed by atoms with Crippen molar-refractivity contribution in [2.24, 2.45) is 11.7 Å². The molecule has 1 atom stereocenters. The van der Waals surface area contributed by atoms with Gasteiger partial charge in [0.1, 0.15) is 5.82 Å². The van der Waals surface area contributed by atoms with Gasteiger partial charge in [-0.05, 0) is 48.1 Å². The van der Waals surface area contributed by atoms with Crippen LogP contribution in [0.1, 0.15) is 37.9 Å². The third-order valence-electron chi connectivity index (χ3n) is 3.43. The van der Waals surface area contributed by atoms with Crippen LogP contribution >= 0.6 is 0 Å². The van der Waals surface area contributed by atoms with Crippen LogP contribution in [-0.4, -0.2) is 0 Å². The molecule has 0 amide bonds. The first kappa shape index (κ1) is 14.7. The molecular weight excluding hydrogens is 249 g/mol. The summed E-state index contributed by atoms with van der Waals surface area (Å²) in [5.74, 6) is 0.421. The summed E-state index contributed by atoms with van der Waals surface area (Å²) in [5.41, 5.74) is 9.63. The molecule has 2 aromatic rings. The summed E-state index contributed by atoms with van der Waals surface area (Å²) >= 11 is 0. The molecule has 0 saturated heterocycles. The van der Waals surface area contributed by atoms with Gasteiger partial charge >= 0.3 is 0 Å². The van der Waals surface area contributed by atoms with Gasteiger partial charge in [0.25, 0.3) is 0 Å². The standard InChI is InChI=1S/C18H22FN/c1-12(2)10-14-4-6-15(7-5-14)17-11-16(13(3)20)8-9-18(17)19/h4-9,11-13H,10,20H2,1-3H3. The predicted octanol–water partition coefficient (Wildman–Crippen LogP) is 4.71. The second-order valence-corrected chi connectivity index (χ2v) is 5.82. The van der Waals surface area contributed by atoms with Crippen molar-refractivity contribution in [3.8, 4) is 11.1 Å². The molecule has 2 aromatic carbocycles. The summed E-state index contributed by atoms with van der Waals surface area (Å²) in [6.45, 7) is 6.29. The zero-order chi connectivity index (χ0) is 14.7. The summed E-state index contributed by atoms with van der Waals surface area (Å²) in [5, 5.41) is 0. The van der Waals surface area contributed by atoms with E-state index in [2.05, 4.69) is 26.0 Å². The largest absolute Gasteiger partial charge is 0.324 e. The fourth-order valence-electron chi connectivity index (χ4n) is 2.34. The zero-order valence-electron chi connectivity index (χ0n) is 12.4. The van der Waals surface area contributed by atoms with Crippen LogP contribution in [0.25, 0.3) is 11.1 Å². The van der Waals surface area contributed by atoms with Gasteiger partial charge in [0.15, 0.2) is 0 Å². The van der Waals surface area contributed by atoms with E-state index in [1.165, 1.54) is 11.6 Å². The van der Waals surface area contributed by atoms with E-state index in [4.69, 9.17) is 5.73 Å². The van der Waals surface area contributed by atoms with Crippen molar-refractivity contribution < 1.29 is 4.39 Å². The number of rotatable bonds is 4. The highest BCUT2D eigenvalue weighted by Crippen LogP contribution is 2.26. The third-order valence-corrected chi connectivity index (χ3v) is 3.43. The van der Waals surface area contributed by atoms with E-state index < -0.39 is 0 Å². The maximum Gasteiger partial charge on any atom is 0.131 e. The molecule has 0 aromatic heterocycles. The quantitative estimate of drug-likeness (QED) is 0.856. The van der Waals surface area contributed by atoms with E-state index >= 15 is 0 Å². The van der Waals surface area contributed by atoms with Crippen molar-refractivity contribution in [1.29, 1.82) is 0 Å². The number of hydrogen-bond donors (Lipinski definition) is 1. The first-order chi connectivity index (χ1) is 9.47. The third kappa shape index (κ3) is 3.45. The van der Waals surface area contributed by atoms with Crippen LogP contribution in [-0.2, 0) is 6.42 Å². The predicted molar refractivity (Wildman–Crippen MR) is 83.0 cm³/mol. The lowest BCUT2D eigenvalue weighted by Crippen LogP contribution is -2.05. The van der Waals surface area contributed by atoms with Gasteiger partial charge < -0.3 is 5.73 Å². The van der Waals surface area contributed by atoms with E-state index in [0.717, 1.165) is 17.5 Å². The van der Waals surface area contributed by atoms with Gasteiger partial charge in [-0.1, -0.05) is 44.2 Å². The average molecular weight is 271 g/mol. The minimum Gasteiger partial charge on any atom is -0.324 e. The second kappa shape index (κ2) is 6.19. The Hall–Kier alpha value is -1.67. The molecule has 0 aliphatic heterocycles. The minimum atomic E-state index is -0.203. The highest BCUT2D eigenvalue weighted by Gasteiger charge is 2.08. The maximum atomic E-state index is 14.0. The van der Waals surface area contributed by atoms with Crippen molar-refractivity contribution in [3.05, 3.63) is 59.4 Å². The highest BCUT2D eigenvalue weighted by molar-refractivity contribution is 5.65. The summed E-state index contributed by atoms with van der Waals surface area (Å²) in [7, 11) is 0. The smallest absolute Gasteiger partial charge is 0.131 e. The second-order valence-electron chi connectivity index (χ2n) is 5.82. The fourth-order valence-corrected chi connectivity index (χ4v) is 2.34. The lowest BCUT2D eigenvalue weighted by Gasteiger charge is -2.11. The van der Waals surface area contributed by atoms with Crippen LogP contribution < -0.4 is 5.73 Å². The first-order valence-electron chi connectivity index (χ1n) is 7.11. The van der Waals surface area contributed by atoms with Crippen LogP contribution in [0.2, 0.25) is 0 Å². The minimum absolute atomic E-state index is 0.0884. The topological polar surface area (TPSA) is 26.0 Å². The molecule has 2 heteroatoms. The van der Waals surface area contributed by atoms with Gasteiger partial charge in [-0.2, -0.15) is 0 Å². The Labute approximate surface area is 120 Å². The zero-order valence-corrected chi connectivity index (χ0v) is 12.4. The lowest BCUT2D eigenvalue weighted by atomic mass is 9.97. The van der Waals surface area contributed by atoms with Crippen LogP contribution in [0.3, 0.4) is 0 Å². The molecule has 0 heterocycles. The van der Waals surface area contributed by atoms with Crippen LogP contribution in [0.15, 0.2) is 42.5 Å². The summed E-state index contributed by atoms with van der Waals surface area (Å²) < 4.78 is 14.0. The Morgan fingerprint density at radius 2 is 1.65 bits per heavy atom. The van der Waals surface area contributed by atoms with Crippen LogP contribution in [0.4, 0.5) is 4.39 Å². The average Bonchev–Trinajstić information content (AvgIpc) is 2.39. The molecule has 20 heavy (non-hydrogen) atoms. The number of halogens is 1. The monoisotopic (exact) mass is 271 g/mol. The molecular formula is C18H22FN. The Kier molecular flexibility index (Phi) is 4.56. The molecule has 0 radical (unpaired) electrons. The Bertz CT molecular complexity index is 570. The van der Waals surface area contributed by atoms with Crippen molar-refractivity contribution in [2.45, 2.75) is 33.2 Å². The molecule has 106 valence electrons. The van der Waals surface area contributed by atoms with Gasteiger partial charge in [-0.3, -0.25) is 0 Å². The SMILES string of the molecule is CC(C)Cc1ccc(-c2cc(C(C)N)ccc2F)cc1. The van der Waals surface area contributed by atoms with Crippen LogP contribution in [0.5, 0.6) is 0 Å². The van der Waals surface area contributed by atoms with Crippen LogP contribution in [0, 0.1) is 11.7 Å². The van der Waals surface area contributed by atoms with Gasteiger partial charge in [0.05, 0.1) is 0 Å².